The topological polar surface area (TPSA) is 152 Å². The number of aromatic nitrogens is 2. The van der Waals surface area contributed by atoms with Gasteiger partial charge in [-0.1, -0.05) is 37.3 Å². The van der Waals surface area contributed by atoms with Crippen LogP contribution in [0.3, 0.4) is 0 Å². The van der Waals surface area contributed by atoms with Crippen LogP contribution in [0.5, 0.6) is 5.75 Å². The predicted octanol–water partition coefficient (Wildman–Crippen LogP) is 3.33. The van der Waals surface area contributed by atoms with Gasteiger partial charge in [-0.25, -0.2) is 13.2 Å². The fraction of sp³-hybridized carbons (Fsp3) is 0.190. The van der Waals surface area contributed by atoms with Gasteiger partial charge in [0.1, 0.15) is 17.4 Å². The molecular formula is C21H18N4O6S2. The zero-order chi connectivity index (χ0) is 24.0. The lowest BCUT2D eigenvalue weighted by molar-refractivity contribution is -0.112. The molecule has 2 aromatic heterocycles. The standard InChI is InChI=1S/C21H18N4O6S2/c1-13(2)12-33(28,29)21-25-24-20(32-21)23-18(26)15(11-22)10-14-5-7-16(8-6-14)31-19(27)17-4-3-9-30-17/h3-10,13H,12H2,1-2H3,(H,23,24,26)/b15-10-. The fourth-order valence-electron chi connectivity index (χ4n) is 2.56. The third kappa shape index (κ3) is 6.34. The number of nitrogens with zero attached hydrogens (tertiary/aromatic N) is 3. The number of benzene rings is 1. The Morgan fingerprint density at radius 3 is 2.58 bits per heavy atom. The van der Waals surface area contributed by atoms with Crippen LogP contribution < -0.4 is 10.1 Å². The Labute approximate surface area is 193 Å². The van der Waals surface area contributed by atoms with Crippen LogP contribution in [0.15, 0.2) is 57.0 Å². The van der Waals surface area contributed by atoms with Crippen molar-refractivity contribution in [3.63, 3.8) is 0 Å². The first-order chi connectivity index (χ1) is 15.7. The molecule has 170 valence electrons. The zero-order valence-electron chi connectivity index (χ0n) is 17.5. The highest BCUT2D eigenvalue weighted by molar-refractivity contribution is 7.93. The molecule has 2 heterocycles. The molecule has 0 saturated carbocycles. The minimum absolute atomic E-state index is 0.0383. The van der Waals surface area contributed by atoms with E-state index in [0.717, 1.165) is 0 Å². The van der Waals surface area contributed by atoms with Crippen LogP contribution in [0.4, 0.5) is 5.13 Å². The highest BCUT2D eigenvalue weighted by Crippen LogP contribution is 2.23. The number of esters is 1. The van der Waals surface area contributed by atoms with Gasteiger partial charge in [0.15, 0.2) is 0 Å². The van der Waals surface area contributed by atoms with Crippen LogP contribution in [0.1, 0.15) is 30.0 Å². The van der Waals surface area contributed by atoms with Crippen LogP contribution >= 0.6 is 11.3 Å². The van der Waals surface area contributed by atoms with Gasteiger partial charge in [-0.05, 0) is 41.8 Å². The average molecular weight is 487 g/mol. The minimum atomic E-state index is -3.60. The van der Waals surface area contributed by atoms with Gasteiger partial charge in [-0.2, -0.15) is 5.26 Å². The minimum Gasteiger partial charge on any atom is -0.457 e. The number of hydrogen-bond donors (Lipinski definition) is 1. The van der Waals surface area contributed by atoms with Gasteiger partial charge in [0.2, 0.25) is 25.1 Å². The predicted molar refractivity (Wildman–Crippen MR) is 119 cm³/mol. The molecule has 0 unspecified atom stereocenters. The Morgan fingerprint density at radius 2 is 1.97 bits per heavy atom. The number of nitrogens with one attached hydrogen (secondary N) is 1. The molecule has 0 saturated heterocycles. The first kappa shape index (κ1) is 23.8. The summed E-state index contributed by atoms with van der Waals surface area (Å²) < 4.78 is 34.4. The van der Waals surface area contributed by atoms with E-state index in [9.17, 15) is 23.3 Å². The molecule has 0 fully saturated rings. The van der Waals surface area contributed by atoms with E-state index < -0.39 is 21.7 Å². The molecule has 1 amide bonds. The fourth-order valence-corrected chi connectivity index (χ4v) is 5.17. The quantitative estimate of drug-likeness (QED) is 0.166. The summed E-state index contributed by atoms with van der Waals surface area (Å²) in [6.07, 6.45) is 2.68. The van der Waals surface area contributed by atoms with Crippen LogP contribution in [-0.4, -0.2) is 36.2 Å². The maximum Gasteiger partial charge on any atom is 0.379 e. The lowest BCUT2D eigenvalue weighted by Gasteiger charge is -2.03. The second kappa shape index (κ2) is 10.2. The smallest absolute Gasteiger partial charge is 0.379 e. The van der Waals surface area contributed by atoms with E-state index >= 15 is 0 Å². The van der Waals surface area contributed by atoms with Gasteiger partial charge in [-0.15, -0.1) is 10.2 Å². The number of anilines is 1. The van der Waals surface area contributed by atoms with Crippen molar-refractivity contribution in [1.82, 2.24) is 10.2 Å². The molecule has 0 aliphatic rings. The third-order valence-electron chi connectivity index (χ3n) is 3.93. The molecule has 33 heavy (non-hydrogen) atoms. The van der Waals surface area contributed by atoms with Gasteiger partial charge in [0.25, 0.3) is 5.91 Å². The summed E-state index contributed by atoms with van der Waals surface area (Å²) >= 11 is 0.716. The molecule has 12 heteroatoms. The van der Waals surface area contributed by atoms with Gasteiger partial charge in [0.05, 0.1) is 12.0 Å². The van der Waals surface area contributed by atoms with Crippen molar-refractivity contribution >= 4 is 44.3 Å². The number of hydrogen-bond acceptors (Lipinski definition) is 10. The number of amides is 1. The second-order valence-electron chi connectivity index (χ2n) is 7.11. The van der Waals surface area contributed by atoms with Crippen LogP contribution in [-0.2, 0) is 14.6 Å². The Bertz CT molecular complexity index is 1320. The molecule has 0 bridgehead atoms. The molecule has 0 aliphatic heterocycles. The van der Waals surface area contributed by atoms with Crippen LogP contribution in [0.25, 0.3) is 6.08 Å². The summed E-state index contributed by atoms with van der Waals surface area (Å²) in [6, 6.07) is 10.9. The van der Waals surface area contributed by atoms with E-state index in [4.69, 9.17) is 9.15 Å². The first-order valence-corrected chi connectivity index (χ1v) is 12.0. The largest absolute Gasteiger partial charge is 0.457 e. The summed E-state index contributed by atoms with van der Waals surface area (Å²) in [6.45, 7) is 3.53. The van der Waals surface area contributed by atoms with Crippen LogP contribution in [0.2, 0.25) is 0 Å². The number of carbonyl (C=O) groups excluding carboxylic acids is 2. The van der Waals surface area contributed by atoms with E-state index in [1.165, 1.54) is 30.5 Å². The molecule has 0 aliphatic carbocycles. The highest BCUT2D eigenvalue weighted by atomic mass is 32.2. The van der Waals surface area contributed by atoms with Crippen molar-refractivity contribution in [2.45, 2.75) is 18.2 Å². The maximum absolute atomic E-state index is 12.4. The summed E-state index contributed by atoms with van der Waals surface area (Å²) in [7, 11) is -3.60. The van der Waals surface area contributed by atoms with E-state index in [1.807, 2.05) is 0 Å². The summed E-state index contributed by atoms with van der Waals surface area (Å²) in [4.78, 5) is 24.3. The van der Waals surface area contributed by atoms with Gasteiger partial charge in [-0.3, -0.25) is 10.1 Å². The third-order valence-corrected chi connectivity index (χ3v) is 7.30. The number of rotatable bonds is 8. The number of ether oxygens (including phenoxy) is 1. The van der Waals surface area contributed by atoms with Crippen molar-refractivity contribution in [2.24, 2.45) is 5.92 Å². The van der Waals surface area contributed by atoms with E-state index in [2.05, 4.69) is 15.5 Å². The zero-order valence-corrected chi connectivity index (χ0v) is 19.1. The Morgan fingerprint density at radius 1 is 1.24 bits per heavy atom. The molecular weight excluding hydrogens is 468 g/mol. The molecule has 10 nitrogen and oxygen atoms in total. The van der Waals surface area contributed by atoms with Crippen molar-refractivity contribution in [2.75, 3.05) is 11.1 Å². The van der Waals surface area contributed by atoms with Crippen molar-refractivity contribution in [3.05, 3.63) is 59.6 Å². The van der Waals surface area contributed by atoms with Gasteiger partial charge < -0.3 is 9.15 Å². The highest BCUT2D eigenvalue weighted by Gasteiger charge is 2.23. The van der Waals surface area contributed by atoms with E-state index in [1.54, 1.807) is 38.1 Å². The molecule has 1 N–H and O–H groups in total. The Hall–Kier alpha value is -3.82. The van der Waals surface area contributed by atoms with Crippen molar-refractivity contribution < 1.29 is 27.2 Å². The number of carbonyl (C=O) groups is 2. The summed E-state index contributed by atoms with van der Waals surface area (Å²) in [5.74, 6) is -1.31. The lowest BCUT2D eigenvalue weighted by atomic mass is 10.1. The molecule has 1 aromatic carbocycles. The second-order valence-corrected chi connectivity index (χ2v) is 10.3. The molecule has 3 aromatic rings. The Kier molecular flexibility index (Phi) is 7.37. The maximum atomic E-state index is 12.4. The average Bonchev–Trinajstić information content (AvgIpc) is 3.45. The summed E-state index contributed by atoms with van der Waals surface area (Å²) in [5, 5.41) is 19.0. The molecule has 0 radical (unpaired) electrons. The monoisotopic (exact) mass is 486 g/mol. The van der Waals surface area contributed by atoms with E-state index in [0.29, 0.717) is 16.9 Å². The van der Waals surface area contributed by atoms with Gasteiger partial charge in [0, 0.05) is 0 Å². The normalized spacial score (nSPS) is 11.8. The molecule has 0 spiro atoms. The van der Waals surface area contributed by atoms with Gasteiger partial charge >= 0.3 is 5.97 Å². The SMILES string of the molecule is CC(C)CS(=O)(=O)c1nnc(NC(=O)/C(C#N)=C\c2ccc(OC(=O)c3ccco3)cc2)s1. The Balaban J connectivity index is 1.67. The van der Waals surface area contributed by atoms with E-state index in [-0.39, 0.29) is 38.2 Å². The lowest BCUT2D eigenvalue weighted by Crippen LogP contribution is -2.13. The van der Waals surface area contributed by atoms with Crippen molar-refractivity contribution in [3.8, 4) is 11.8 Å². The van der Waals surface area contributed by atoms with Crippen molar-refractivity contribution in [1.29, 1.82) is 5.26 Å². The van der Waals surface area contributed by atoms with Crippen LogP contribution in [0, 0.1) is 17.2 Å². The number of sulfone groups is 1. The molecule has 0 atom stereocenters. The number of nitriles is 1. The molecule has 3 rings (SSSR count). The summed E-state index contributed by atoms with van der Waals surface area (Å²) in [5.41, 5.74) is 0.258. The number of furan rings is 1. The first-order valence-electron chi connectivity index (χ1n) is 9.53.